The summed E-state index contributed by atoms with van der Waals surface area (Å²) < 4.78 is 0. The molecule has 0 aliphatic carbocycles. The predicted molar refractivity (Wildman–Crippen MR) is 121 cm³/mol. The molecule has 1 spiro atoms. The molecule has 5 rings (SSSR count). The van der Waals surface area contributed by atoms with Crippen LogP contribution < -0.4 is 10.6 Å². The lowest BCUT2D eigenvalue weighted by Crippen LogP contribution is -2.53. The molecular weight excluding hydrogens is 434 g/mol. The van der Waals surface area contributed by atoms with Crippen molar-refractivity contribution in [2.75, 3.05) is 17.3 Å². The monoisotopic (exact) mass is 455 g/mol. The molecule has 6 nitrogen and oxygen atoms in total. The van der Waals surface area contributed by atoms with Crippen LogP contribution in [0, 0.1) is 11.8 Å². The van der Waals surface area contributed by atoms with Gasteiger partial charge in [-0.2, -0.15) is 11.8 Å². The summed E-state index contributed by atoms with van der Waals surface area (Å²) in [7, 11) is 0. The van der Waals surface area contributed by atoms with E-state index in [-0.39, 0.29) is 30.3 Å². The van der Waals surface area contributed by atoms with Gasteiger partial charge in [-0.25, -0.2) is 0 Å². The average Bonchev–Trinajstić information content (AvgIpc) is 3.34. The number of hydrogen-bond acceptors (Lipinski definition) is 5. The first-order valence-corrected chi connectivity index (χ1v) is 12.0. The standard InChI is InChI=1S/C23H22ClN3O3S/c1-31-11-10-17-18-19(23(26-17)14-7-3-5-9-16(14)25-22(23)30)21(29)27(20(18)28)12-13-6-2-4-8-15(13)24/h2-9,17-19,26H,10-12H2,1H3,(H,25,30)/t17-,18+,19+,23-/m0/s1. The molecule has 2 fully saturated rings. The quantitative estimate of drug-likeness (QED) is 0.677. The van der Waals surface area contributed by atoms with Crippen molar-refractivity contribution in [3.8, 4) is 0 Å². The normalized spacial score (nSPS) is 28.9. The number of rotatable bonds is 5. The second kappa shape index (κ2) is 7.65. The summed E-state index contributed by atoms with van der Waals surface area (Å²) in [5, 5.41) is 6.87. The Bertz CT molecular complexity index is 1090. The number of hydrogen-bond donors (Lipinski definition) is 2. The lowest BCUT2D eigenvalue weighted by Gasteiger charge is -2.29. The second-order valence-corrected chi connectivity index (χ2v) is 9.59. The highest BCUT2D eigenvalue weighted by atomic mass is 35.5. The molecule has 0 radical (unpaired) electrons. The molecule has 0 unspecified atom stereocenters. The SMILES string of the molecule is CSCC[C@@H]1N[C@]2(C(=O)Nc3ccccc32)[C@H]2C(=O)N(Cc3ccccc3Cl)C(=O)[C@H]12. The number of benzene rings is 2. The van der Waals surface area contributed by atoms with Gasteiger partial charge in [0, 0.05) is 22.3 Å². The van der Waals surface area contributed by atoms with Crippen molar-refractivity contribution in [1.29, 1.82) is 0 Å². The summed E-state index contributed by atoms with van der Waals surface area (Å²) in [6.07, 6.45) is 2.70. The minimum atomic E-state index is -1.23. The Balaban J connectivity index is 1.58. The summed E-state index contributed by atoms with van der Waals surface area (Å²) in [4.78, 5) is 41.8. The highest BCUT2D eigenvalue weighted by Crippen LogP contribution is 2.53. The van der Waals surface area contributed by atoms with Crippen LogP contribution in [0.5, 0.6) is 0 Å². The number of anilines is 1. The van der Waals surface area contributed by atoms with E-state index >= 15 is 0 Å². The summed E-state index contributed by atoms with van der Waals surface area (Å²) in [5.41, 5.74) is 0.910. The third kappa shape index (κ3) is 2.94. The zero-order valence-electron chi connectivity index (χ0n) is 16.9. The molecule has 2 N–H and O–H groups in total. The van der Waals surface area contributed by atoms with E-state index in [0.717, 1.165) is 11.3 Å². The molecule has 0 saturated carbocycles. The van der Waals surface area contributed by atoms with Crippen LogP contribution >= 0.6 is 23.4 Å². The molecule has 4 atom stereocenters. The van der Waals surface area contributed by atoms with E-state index in [4.69, 9.17) is 11.6 Å². The molecular formula is C23H22ClN3O3S. The smallest absolute Gasteiger partial charge is 0.250 e. The zero-order chi connectivity index (χ0) is 21.8. The van der Waals surface area contributed by atoms with Crippen LogP contribution in [-0.4, -0.2) is 40.7 Å². The number of imide groups is 1. The van der Waals surface area contributed by atoms with Gasteiger partial charge >= 0.3 is 0 Å². The zero-order valence-corrected chi connectivity index (χ0v) is 18.5. The average molecular weight is 456 g/mol. The van der Waals surface area contributed by atoms with Crippen molar-refractivity contribution < 1.29 is 14.4 Å². The molecule has 2 saturated heterocycles. The second-order valence-electron chi connectivity index (χ2n) is 8.20. The van der Waals surface area contributed by atoms with Gasteiger partial charge in [0.15, 0.2) is 0 Å². The number of fused-ring (bicyclic) bond motifs is 4. The third-order valence-electron chi connectivity index (χ3n) is 6.63. The number of nitrogens with one attached hydrogen (secondary N) is 2. The molecule has 160 valence electrons. The fraction of sp³-hybridized carbons (Fsp3) is 0.348. The number of thioether (sulfide) groups is 1. The van der Waals surface area contributed by atoms with E-state index in [0.29, 0.717) is 22.7 Å². The van der Waals surface area contributed by atoms with Gasteiger partial charge in [0.1, 0.15) is 5.54 Å². The Labute approximate surface area is 189 Å². The highest BCUT2D eigenvalue weighted by Gasteiger charge is 2.70. The van der Waals surface area contributed by atoms with Crippen LogP contribution in [0.15, 0.2) is 48.5 Å². The van der Waals surface area contributed by atoms with Gasteiger partial charge in [0.25, 0.3) is 0 Å². The number of carbonyl (C=O) groups excluding carboxylic acids is 3. The maximum Gasteiger partial charge on any atom is 0.250 e. The predicted octanol–water partition coefficient (Wildman–Crippen LogP) is 3.01. The first-order valence-electron chi connectivity index (χ1n) is 10.2. The molecule has 2 aromatic rings. The van der Waals surface area contributed by atoms with Crippen molar-refractivity contribution in [1.82, 2.24) is 10.2 Å². The van der Waals surface area contributed by atoms with Gasteiger partial charge in [-0.1, -0.05) is 48.0 Å². The fourth-order valence-electron chi connectivity index (χ4n) is 5.26. The van der Waals surface area contributed by atoms with Crippen molar-refractivity contribution in [2.24, 2.45) is 11.8 Å². The van der Waals surface area contributed by atoms with Gasteiger partial charge in [-0.15, -0.1) is 0 Å². The Hall–Kier alpha value is -2.35. The number of likely N-dealkylation sites (tertiary alicyclic amines) is 1. The van der Waals surface area contributed by atoms with E-state index in [1.165, 1.54) is 4.90 Å². The lowest BCUT2D eigenvalue weighted by molar-refractivity contribution is -0.143. The molecule has 3 amide bonds. The van der Waals surface area contributed by atoms with E-state index < -0.39 is 17.4 Å². The number of para-hydroxylation sites is 1. The first kappa shape index (κ1) is 20.5. The van der Waals surface area contributed by atoms with Crippen LogP contribution in [0.3, 0.4) is 0 Å². The highest BCUT2D eigenvalue weighted by molar-refractivity contribution is 7.98. The largest absolute Gasteiger partial charge is 0.324 e. The minimum Gasteiger partial charge on any atom is -0.324 e. The number of halogens is 1. The number of amides is 3. The molecule has 3 aliphatic rings. The maximum atomic E-state index is 13.7. The summed E-state index contributed by atoms with van der Waals surface area (Å²) >= 11 is 7.98. The third-order valence-corrected chi connectivity index (χ3v) is 7.65. The van der Waals surface area contributed by atoms with Crippen LogP contribution in [-0.2, 0) is 26.5 Å². The van der Waals surface area contributed by atoms with Gasteiger partial charge in [0.2, 0.25) is 17.7 Å². The summed E-state index contributed by atoms with van der Waals surface area (Å²) in [5.74, 6) is -1.36. The van der Waals surface area contributed by atoms with Crippen molar-refractivity contribution in [3.63, 3.8) is 0 Å². The lowest BCUT2D eigenvalue weighted by atomic mass is 9.76. The van der Waals surface area contributed by atoms with E-state index in [9.17, 15) is 14.4 Å². The maximum absolute atomic E-state index is 13.7. The van der Waals surface area contributed by atoms with Gasteiger partial charge < -0.3 is 5.32 Å². The van der Waals surface area contributed by atoms with E-state index in [2.05, 4.69) is 10.6 Å². The van der Waals surface area contributed by atoms with Crippen LogP contribution in [0.2, 0.25) is 5.02 Å². The molecule has 8 heteroatoms. The topological polar surface area (TPSA) is 78.5 Å². The Morgan fingerprint density at radius 2 is 1.81 bits per heavy atom. The van der Waals surface area contributed by atoms with Crippen LogP contribution in [0.25, 0.3) is 0 Å². The minimum absolute atomic E-state index is 0.110. The first-order chi connectivity index (χ1) is 15.0. The van der Waals surface area contributed by atoms with Crippen molar-refractivity contribution in [3.05, 3.63) is 64.7 Å². The molecule has 3 heterocycles. The number of carbonyl (C=O) groups is 3. The number of nitrogens with zero attached hydrogens (tertiary/aromatic N) is 1. The van der Waals surface area contributed by atoms with Crippen molar-refractivity contribution >= 4 is 46.8 Å². The molecule has 3 aliphatic heterocycles. The Morgan fingerprint density at radius 3 is 2.58 bits per heavy atom. The van der Waals surface area contributed by atoms with Gasteiger partial charge in [-0.05, 0) is 36.1 Å². The molecule has 0 bridgehead atoms. The van der Waals surface area contributed by atoms with E-state index in [1.807, 2.05) is 48.7 Å². The molecule has 0 aromatic heterocycles. The Morgan fingerprint density at radius 1 is 1.06 bits per heavy atom. The fourth-order valence-corrected chi connectivity index (χ4v) is 5.95. The van der Waals surface area contributed by atoms with Gasteiger partial charge in [-0.3, -0.25) is 24.6 Å². The van der Waals surface area contributed by atoms with Crippen LogP contribution in [0.4, 0.5) is 5.69 Å². The molecule has 31 heavy (non-hydrogen) atoms. The van der Waals surface area contributed by atoms with Gasteiger partial charge in [0.05, 0.1) is 18.4 Å². The van der Waals surface area contributed by atoms with Crippen LogP contribution in [0.1, 0.15) is 17.5 Å². The summed E-state index contributed by atoms with van der Waals surface area (Å²) in [6, 6.07) is 14.3. The van der Waals surface area contributed by atoms with E-state index in [1.54, 1.807) is 17.8 Å². The van der Waals surface area contributed by atoms with Crippen molar-refractivity contribution in [2.45, 2.75) is 24.5 Å². The Kier molecular flexibility index (Phi) is 5.07. The summed E-state index contributed by atoms with van der Waals surface area (Å²) in [6.45, 7) is 0.110. The molecule has 2 aromatic carbocycles.